The fourth-order valence-corrected chi connectivity index (χ4v) is 1.93. The van der Waals surface area contributed by atoms with Crippen molar-refractivity contribution in [3.05, 3.63) is 34.6 Å². The lowest BCUT2D eigenvalue weighted by Gasteiger charge is -2.25. The Labute approximate surface area is 118 Å². The number of halogens is 5. The van der Waals surface area contributed by atoms with E-state index in [4.69, 9.17) is 11.6 Å². The topological polar surface area (TPSA) is 26.3 Å². The summed E-state index contributed by atoms with van der Waals surface area (Å²) in [7, 11) is 0. The minimum Gasteiger partial charge on any atom is -0.466 e. The molecule has 0 aliphatic carbocycles. The molecule has 0 radical (unpaired) electrons. The smallest absolute Gasteiger partial charge is 0.392 e. The molecule has 112 valence electrons. The largest absolute Gasteiger partial charge is 0.466 e. The zero-order valence-electron chi connectivity index (χ0n) is 10.8. The summed E-state index contributed by atoms with van der Waals surface area (Å²) in [4.78, 5) is 11.7. The highest BCUT2D eigenvalue weighted by molar-refractivity contribution is 6.30. The van der Waals surface area contributed by atoms with Crippen LogP contribution in [0.4, 0.5) is 17.6 Å². The summed E-state index contributed by atoms with van der Waals surface area (Å²) in [6, 6.07) is 3.17. The first kappa shape index (κ1) is 16.8. The third kappa shape index (κ3) is 3.85. The molecule has 0 aliphatic heterocycles. The van der Waals surface area contributed by atoms with E-state index in [0.717, 1.165) is 19.1 Å². The molecule has 7 heteroatoms. The monoisotopic (exact) mass is 312 g/mol. The third-order valence-corrected chi connectivity index (χ3v) is 3.09. The molecule has 2 nitrogen and oxygen atoms in total. The fraction of sp³-hybridized carbons (Fsp3) is 0.462. The Morgan fingerprint density at radius 3 is 2.45 bits per heavy atom. The molecule has 0 N–H and O–H groups in total. The van der Waals surface area contributed by atoms with E-state index in [2.05, 4.69) is 4.74 Å². The molecule has 20 heavy (non-hydrogen) atoms. The van der Waals surface area contributed by atoms with E-state index in [1.54, 1.807) is 0 Å². The highest BCUT2D eigenvalue weighted by atomic mass is 35.5. The first-order valence-electron chi connectivity index (χ1n) is 5.86. The molecule has 0 aromatic heterocycles. The highest BCUT2D eigenvalue weighted by Gasteiger charge is 2.46. The van der Waals surface area contributed by atoms with Crippen LogP contribution in [0, 0.1) is 11.7 Å². The quantitative estimate of drug-likeness (QED) is 0.611. The molecule has 0 amide bonds. The van der Waals surface area contributed by atoms with Gasteiger partial charge < -0.3 is 4.74 Å². The first-order chi connectivity index (χ1) is 9.18. The van der Waals surface area contributed by atoms with Crippen molar-refractivity contribution in [3.8, 4) is 0 Å². The Bertz CT molecular complexity index is 488. The van der Waals surface area contributed by atoms with Crippen molar-refractivity contribution in [1.29, 1.82) is 0 Å². The van der Waals surface area contributed by atoms with Crippen molar-refractivity contribution in [3.63, 3.8) is 0 Å². The number of hydrogen-bond acceptors (Lipinski definition) is 2. The lowest BCUT2D eigenvalue weighted by Crippen LogP contribution is -2.33. The Kier molecular flexibility index (Phi) is 5.39. The van der Waals surface area contributed by atoms with E-state index >= 15 is 0 Å². The predicted molar refractivity (Wildman–Crippen MR) is 66.0 cm³/mol. The summed E-state index contributed by atoms with van der Waals surface area (Å²) in [5.74, 6) is -5.91. The van der Waals surface area contributed by atoms with Crippen molar-refractivity contribution in [2.24, 2.45) is 5.92 Å². The Balaban J connectivity index is 3.26. The third-order valence-electron chi connectivity index (χ3n) is 2.85. The number of benzene rings is 1. The second-order valence-electron chi connectivity index (χ2n) is 4.23. The maximum absolute atomic E-state index is 13.8. The van der Waals surface area contributed by atoms with Gasteiger partial charge in [0.25, 0.3) is 0 Å². The van der Waals surface area contributed by atoms with Crippen LogP contribution in [-0.2, 0) is 9.53 Å². The van der Waals surface area contributed by atoms with Crippen LogP contribution in [0.5, 0.6) is 0 Å². The standard InChI is InChI=1S/C13H13ClF4O2/c1-3-20-12(19)11(7(2)13(16,17)18)9-5-4-8(14)6-10(9)15/h4-7,11H,3H2,1-2H3/t7-,11?/m1/s1. The van der Waals surface area contributed by atoms with Crippen molar-refractivity contribution in [2.75, 3.05) is 6.61 Å². The summed E-state index contributed by atoms with van der Waals surface area (Å²) in [5, 5.41) is 0.0357. The molecule has 1 unspecified atom stereocenters. The number of carbonyl (C=O) groups is 1. The molecule has 0 aliphatic rings. The summed E-state index contributed by atoms with van der Waals surface area (Å²) < 4.78 is 56.9. The van der Waals surface area contributed by atoms with Gasteiger partial charge in [-0.2, -0.15) is 13.2 Å². The molecule has 1 rings (SSSR count). The van der Waals surface area contributed by atoms with E-state index < -0.39 is 29.8 Å². The fourth-order valence-electron chi connectivity index (χ4n) is 1.78. The Morgan fingerprint density at radius 2 is 2.00 bits per heavy atom. The van der Waals surface area contributed by atoms with Gasteiger partial charge in [0.1, 0.15) is 5.82 Å². The molecule has 2 atom stereocenters. The van der Waals surface area contributed by atoms with Crippen LogP contribution >= 0.6 is 11.6 Å². The second kappa shape index (κ2) is 6.43. The predicted octanol–water partition coefficient (Wildman–Crippen LogP) is 4.32. The van der Waals surface area contributed by atoms with Crippen LogP contribution in [0.3, 0.4) is 0 Å². The maximum atomic E-state index is 13.8. The minimum absolute atomic E-state index is 0.0357. The lowest BCUT2D eigenvalue weighted by atomic mass is 9.86. The number of alkyl halides is 3. The van der Waals surface area contributed by atoms with Crippen molar-refractivity contribution in [2.45, 2.75) is 25.9 Å². The average molecular weight is 313 g/mol. The molecule has 1 aromatic carbocycles. The van der Waals surface area contributed by atoms with Gasteiger partial charge in [-0.15, -0.1) is 0 Å². The van der Waals surface area contributed by atoms with Crippen molar-refractivity contribution in [1.82, 2.24) is 0 Å². The first-order valence-corrected chi connectivity index (χ1v) is 6.24. The molecule has 0 spiro atoms. The van der Waals surface area contributed by atoms with E-state index in [0.29, 0.717) is 0 Å². The molecule has 0 heterocycles. The normalized spacial score (nSPS) is 14.8. The van der Waals surface area contributed by atoms with Gasteiger partial charge in [0.05, 0.1) is 18.4 Å². The van der Waals surface area contributed by atoms with Crippen molar-refractivity contribution >= 4 is 17.6 Å². The van der Waals surface area contributed by atoms with Crippen LogP contribution in [-0.4, -0.2) is 18.8 Å². The minimum atomic E-state index is -4.65. The van der Waals surface area contributed by atoms with Gasteiger partial charge >= 0.3 is 12.1 Å². The zero-order chi connectivity index (χ0) is 15.5. The van der Waals surface area contributed by atoms with Gasteiger partial charge in [-0.25, -0.2) is 4.39 Å². The summed E-state index contributed by atoms with van der Waals surface area (Å²) in [6.45, 7) is 2.19. The van der Waals surface area contributed by atoms with Crippen molar-refractivity contribution < 1.29 is 27.1 Å². The van der Waals surface area contributed by atoms with Gasteiger partial charge in [0.2, 0.25) is 0 Å². The Morgan fingerprint density at radius 1 is 1.40 bits per heavy atom. The van der Waals surface area contributed by atoms with E-state index in [-0.39, 0.29) is 17.2 Å². The van der Waals surface area contributed by atoms with Crippen LogP contribution < -0.4 is 0 Å². The number of esters is 1. The van der Waals surface area contributed by atoms with E-state index in [1.165, 1.54) is 13.0 Å². The number of hydrogen-bond donors (Lipinski definition) is 0. The molecule has 0 saturated carbocycles. The molecular formula is C13H13ClF4O2. The molecule has 0 fully saturated rings. The number of carbonyl (C=O) groups excluding carboxylic acids is 1. The van der Waals surface area contributed by atoms with Crippen LogP contribution in [0.15, 0.2) is 18.2 Å². The summed E-state index contributed by atoms with van der Waals surface area (Å²) >= 11 is 5.55. The second-order valence-corrected chi connectivity index (χ2v) is 4.66. The SMILES string of the molecule is CCOC(=O)C(c1ccc(Cl)cc1F)[C@@H](C)C(F)(F)F. The van der Waals surface area contributed by atoms with Crippen LogP contribution in [0.1, 0.15) is 25.3 Å². The van der Waals surface area contributed by atoms with Gasteiger partial charge in [0.15, 0.2) is 0 Å². The van der Waals surface area contributed by atoms with Gasteiger partial charge in [-0.3, -0.25) is 4.79 Å². The van der Waals surface area contributed by atoms with Crippen LogP contribution in [0.25, 0.3) is 0 Å². The van der Waals surface area contributed by atoms with Gasteiger partial charge in [-0.05, 0) is 19.1 Å². The summed E-state index contributed by atoms with van der Waals surface area (Å²) in [6.07, 6.45) is -4.65. The van der Waals surface area contributed by atoms with Gasteiger partial charge in [0, 0.05) is 10.6 Å². The van der Waals surface area contributed by atoms with E-state index in [1.807, 2.05) is 0 Å². The average Bonchev–Trinajstić information content (AvgIpc) is 2.31. The lowest BCUT2D eigenvalue weighted by molar-refractivity contribution is -0.185. The molecule has 1 aromatic rings. The summed E-state index contributed by atoms with van der Waals surface area (Å²) in [5.41, 5.74) is -0.377. The molecule has 0 saturated heterocycles. The Hall–Kier alpha value is -1.30. The van der Waals surface area contributed by atoms with E-state index in [9.17, 15) is 22.4 Å². The molecular weight excluding hydrogens is 300 g/mol. The molecule has 0 bridgehead atoms. The zero-order valence-corrected chi connectivity index (χ0v) is 11.6. The number of ether oxygens (including phenoxy) is 1. The highest BCUT2D eigenvalue weighted by Crippen LogP contribution is 2.39. The maximum Gasteiger partial charge on any atom is 0.392 e. The number of rotatable bonds is 4. The van der Waals surface area contributed by atoms with Gasteiger partial charge in [-0.1, -0.05) is 24.6 Å². The van der Waals surface area contributed by atoms with Crippen LogP contribution in [0.2, 0.25) is 5.02 Å².